The molecule has 27 aromatic carbocycles. The van der Waals surface area contributed by atoms with Crippen molar-refractivity contribution in [3.63, 3.8) is 0 Å². The molecule has 0 radical (unpaired) electrons. The van der Waals surface area contributed by atoms with Gasteiger partial charge in [0.05, 0.1) is 11.4 Å². The quantitative estimate of drug-likeness (QED) is 0.0748. The fourth-order valence-corrected chi connectivity index (χ4v) is 21.5. The molecule has 0 aromatic heterocycles. The molecule has 0 amide bonds. The smallest absolute Gasteiger partial charge is 0.0546 e. The summed E-state index contributed by atoms with van der Waals surface area (Å²) in [6.45, 7) is 0. The molecule has 0 saturated carbocycles. The number of rotatable bonds is 15. The lowest BCUT2D eigenvalue weighted by Gasteiger charge is -2.28. The fraction of sp³-hybridized carbons (Fsp3) is 0. The monoisotopic (exact) mass is 1790 g/mol. The lowest BCUT2D eigenvalue weighted by atomic mass is 9.91. The van der Waals surface area contributed by atoms with Gasteiger partial charge >= 0.3 is 0 Å². The molecule has 3 nitrogen and oxygen atoms in total. The fourth-order valence-electron chi connectivity index (χ4n) is 21.5. The molecule has 27 rings (SSSR count). The van der Waals surface area contributed by atoms with Crippen molar-refractivity contribution in [3.8, 4) is 66.8 Å². The Labute approximate surface area is 820 Å². The summed E-state index contributed by atoms with van der Waals surface area (Å²) in [5.41, 5.74) is 25.0. The van der Waals surface area contributed by atoms with Crippen LogP contribution in [0.1, 0.15) is 0 Å². The third kappa shape index (κ3) is 16.1. The summed E-state index contributed by atoms with van der Waals surface area (Å²) < 4.78 is 0. The van der Waals surface area contributed by atoms with Crippen LogP contribution in [-0.4, -0.2) is 0 Å². The van der Waals surface area contributed by atoms with Gasteiger partial charge in [-0.3, -0.25) is 0 Å². The number of benzene rings is 27. The molecule has 0 aliphatic heterocycles. The first-order valence-electron chi connectivity index (χ1n) is 48.6. The lowest BCUT2D eigenvalue weighted by molar-refractivity contribution is 1.29. The van der Waals surface area contributed by atoms with Gasteiger partial charge in [-0.25, -0.2) is 0 Å². The van der Waals surface area contributed by atoms with E-state index in [1.165, 1.54) is 196 Å². The average Bonchev–Trinajstić information content (AvgIpc) is 0.753. The van der Waals surface area contributed by atoms with Gasteiger partial charge in [-0.2, -0.15) is 0 Å². The van der Waals surface area contributed by atoms with Gasteiger partial charge in [-0.15, -0.1) is 0 Å². The minimum atomic E-state index is 1.11. The molecule has 0 aliphatic carbocycles. The zero-order valence-corrected chi connectivity index (χ0v) is 77.5. The first-order chi connectivity index (χ1) is 69.9. The summed E-state index contributed by atoms with van der Waals surface area (Å²) in [6, 6.07) is 205. The summed E-state index contributed by atoms with van der Waals surface area (Å²) in [5, 5.41) is 30.1. The molecule has 3 heteroatoms. The predicted octanol–water partition coefficient (Wildman–Crippen LogP) is 39.3. The summed E-state index contributed by atoms with van der Waals surface area (Å²) in [5.74, 6) is 0. The van der Waals surface area contributed by atoms with Crippen molar-refractivity contribution >= 4 is 180 Å². The highest BCUT2D eigenvalue weighted by Gasteiger charge is 2.24. The molecule has 0 heterocycles. The van der Waals surface area contributed by atoms with Gasteiger partial charge in [-0.1, -0.05) is 455 Å². The SMILES string of the molecule is c1ccc2c(-c3ccc(N(c4ccc(-c5cccc6ccccc56)cc4)c4cc5ccccc5c5ccccc45)cc3)cccc2c1.c1ccc2c(-c3ccc(N(c4ccc(-c5cccc6ccccc56)cc4)c4cccc5ccccc45)cc3)cccc2c1.c1ccc2cc(N(c3ccc(-c4c5ccccc5cc5ccccc45)cc3)c3ccc(-c4c5ccccc5cc5ccccc45)cc3)ccc2c1. The van der Waals surface area contributed by atoms with Gasteiger partial charge < -0.3 is 14.7 Å². The summed E-state index contributed by atoms with van der Waals surface area (Å²) >= 11 is 0. The first-order valence-corrected chi connectivity index (χ1v) is 48.6. The zero-order valence-electron chi connectivity index (χ0n) is 77.5. The highest BCUT2D eigenvalue weighted by molar-refractivity contribution is 6.17. The van der Waals surface area contributed by atoms with Crippen LogP contribution in [0.2, 0.25) is 0 Å². The van der Waals surface area contributed by atoms with Crippen LogP contribution in [0.15, 0.2) is 564 Å². The predicted molar refractivity (Wildman–Crippen MR) is 606 cm³/mol. The Hall–Kier alpha value is -18.5. The van der Waals surface area contributed by atoms with Gasteiger partial charge in [0.15, 0.2) is 0 Å². The molecule has 141 heavy (non-hydrogen) atoms. The van der Waals surface area contributed by atoms with Crippen LogP contribution in [0.5, 0.6) is 0 Å². The summed E-state index contributed by atoms with van der Waals surface area (Å²) in [7, 11) is 0. The van der Waals surface area contributed by atoms with E-state index in [-0.39, 0.29) is 0 Å². The minimum Gasteiger partial charge on any atom is -0.310 e. The van der Waals surface area contributed by atoms with E-state index in [0.29, 0.717) is 0 Å². The van der Waals surface area contributed by atoms with Crippen molar-refractivity contribution in [2.24, 2.45) is 0 Å². The highest BCUT2D eigenvalue weighted by Crippen LogP contribution is 2.49. The number of hydrogen-bond donors (Lipinski definition) is 0. The Morgan fingerprint density at radius 3 is 0.674 bits per heavy atom. The Bertz CT molecular complexity index is 8870. The highest BCUT2D eigenvalue weighted by atomic mass is 15.2. The standard InChI is InChI=1S/C50H33N.C46H31N.C42H29N/c1-2-12-37-33-44(30-21-34(37)11-1)51(42-26-22-35(23-27-42)49-45-17-7-3-13-38(45)31-39-14-4-8-18-46(39)49)43-28-24-36(25-29-43)50-47-19-9-5-15-40(47)32-41-16-6-10-20-48(41)50;1-4-16-39-32(11-1)14-9-21-41(39)34-23-27-37(28-24-34)47(46-31-36-13-3-6-18-43(36)44-19-7-8-20-45(44)46)38-29-25-35(26-30-38)42-22-10-15-33-12-2-5-17-40(33)42;1-4-16-37-30(10-1)13-7-19-39(37)33-22-26-35(27-23-33)43(42-21-9-15-32-12-3-6-18-41(32)42)36-28-24-34(25-29-36)40-20-8-14-31-11-2-5-17-38(31)40/h1-33H;1-31H;1-29H. The largest absolute Gasteiger partial charge is 0.310 e. The summed E-state index contributed by atoms with van der Waals surface area (Å²) in [4.78, 5) is 7.17. The van der Waals surface area contributed by atoms with Crippen LogP contribution in [0.25, 0.3) is 196 Å². The molecule has 0 N–H and O–H groups in total. The molecule has 0 bridgehead atoms. The number of fused-ring (bicyclic) bond motifs is 13. The molecule has 0 aliphatic rings. The van der Waals surface area contributed by atoms with Crippen LogP contribution in [0.3, 0.4) is 0 Å². The van der Waals surface area contributed by atoms with Crippen LogP contribution in [0.4, 0.5) is 51.2 Å². The van der Waals surface area contributed by atoms with Crippen molar-refractivity contribution in [2.75, 3.05) is 14.7 Å². The van der Waals surface area contributed by atoms with E-state index in [9.17, 15) is 0 Å². The van der Waals surface area contributed by atoms with Gasteiger partial charge in [0.1, 0.15) is 0 Å². The van der Waals surface area contributed by atoms with Crippen molar-refractivity contribution in [1.29, 1.82) is 0 Å². The molecule has 660 valence electrons. The van der Waals surface area contributed by atoms with Crippen LogP contribution in [0, 0.1) is 0 Å². The molecule has 27 aromatic rings. The van der Waals surface area contributed by atoms with Gasteiger partial charge in [-0.05, 0) is 294 Å². The topological polar surface area (TPSA) is 9.72 Å². The minimum absolute atomic E-state index is 1.11. The van der Waals surface area contributed by atoms with Gasteiger partial charge in [0, 0.05) is 50.6 Å². The summed E-state index contributed by atoms with van der Waals surface area (Å²) in [6.07, 6.45) is 0. The zero-order chi connectivity index (χ0) is 93.5. The molecule has 0 fully saturated rings. The normalized spacial score (nSPS) is 11.4. The molecular formula is C138H93N3. The van der Waals surface area contributed by atoms with Crippen LogP contribution >= 0.6 is 0 Å². The average molecular weight is 1790 g/mol. The van der Waals surface area contributed by atoms with Crippen LogP contribution in [-0.2, 0) is 0 Å². The molecule has 0 spiro atoms. The number of nitrogens with zero attached hydrogens (tertiary/aromatic N) is 3. The van der Waals surface area contributed by atoms with Crippen molar-refractivity contribution in [2.45, 2.75) is 0 Å². The van der Waals surface area contributed by atoms with E-state index in [4.69, 9.17) is 0 Å². The van der Waals surface area contributed by atoms with E-state index in [2.05, 4.69) is 579 Å². The third-order valence-electron chi connectivity index (χ3n) is 28.3. The van der Waals surface area contributed by atoms with Crippen molar-refractivity contribution < 1.29 is 0 Å². The van der Waals surface area contributed by atoms with Gasteiger partial charge in [0.25, 0.3) is 0 Å². The van der Waals surface area contributed by atoms with E-state index < -0.39 is 0 Å². The second kappa shape index (κ2) is 36.9. The van der Waals surface area contributed by atoms with E-state index in [1.807, 2.05) is 0 Å². The molecule has 0 unspecified atom stereocenters. The van der Waals surface area contributed by atoms with Gasteiger partial charge in [0.2, 0.25) is 0 Å². The Kier molecular flexibility index (Phi) is 22.1. The molecule has 0 saturated heterocycles. The Balaban J connectivity index is 0.000000112. The second-order valence-corrected chi connectivity index (χ2v) is 36.5. The Morgan fingerprint density at radius 2 is 0.326 bits per heavy atom. The first kappa shape index (κ1) is 84.2. The maximum absolute atomic E-state index is 2.41. The number of anilines is 9. The van der Waals surface area contributed by atoms with E-state index >= 15 is 0 Å². The van der Waals surface area contributed by atoms with Crippen molar-refractivity contribution in [1.82, 2.24) is 0 Å². The molecular weight excluding hydrogens is 1700 g/mol. The number of hydrogen-bond acceptors (Lipinski definition) is 3. The van der Waals surface area contributed by atoms with Crippen LogP contribution < -0.4 is 14.7 Å². The van der Waals surface area contributed by atoms with Crippen molar-refractivity contribution in [3.05, 3.63) is 564 Å². The maximum Gasteiger partial charge on any atom is 0.0546 e. The third-order valence-corrected chi connectivity index (χ3v) is 28.3. The lowest BCUT2D eigenvalue weighted by Crippen LogP contribution is -2.10. The maximum atomic E-state index is 2.41. The van der Waals surface area contributed by atoms with E-state index in [0.717, 1.165) is 51.2 Å². The molecule has 0 atom stereocenters. The second-order valence-electron chi connectivity index (χ2n) is 36.5. The Morgan fingerprint density at radius 1 is 0.0993 bits per heavy atom. The van der Waals surface area contributed by atoms with E-state index in [1.54, 1.807) is 0 Å².